The van der Waals surface area contributed by atoms with E-state index in [0.29, 0.717) is 29.5 Å². The van der Waals surface area contributed by atoms with Gasteiger partial charge in [-0.15, -0.1) is 0 Å². The van der Waals surface area contributed by atoms with Crippen molar-refractivity contribution in [2.75, 3.05) is 18.0 Å². The predicted molar refractivity (Wildman–Crippen MR) is 111 cm³/mol. The zero-order valence-electron chi connectivity index (χ0n) is 16.0. The van der Waals surface area contributed by atoms with Crippen LogP contribution in [0.4, 0.5) is 5.69 Å². The normalized spacial score (nSPS) is 15.5. The third-order valence-electron chi connectivity index (χ3n) is 4.65. The molecule has 5 nitrogen and oxygen atoms in total. The van der Waals surface area contributed by atoms with E-state index in [0.717, 1.165) is 12.8 Å². The minimum atomic E-state index is -0.107. The maximum absolute atomic E-state index is 12.7. The molecule has 1 aliphatic rings. The first kappa shape index (κ1) is 20.2. The molecule has 0 saturated heterocycles. The summed E-state index contributed by atoms with van der Waals surface area (Å²) in [5.41, 5.74) is 1.92. The number of amides is 2. The number of benzene rings is 2. The number of carbonyl (C=O) groups excluding carboxylic acids is 2. The Labute approximate surface area is 170 Å². The van der Waals surface area contributed by atoms with Crippen LogP contribution in [0.2, 0.25) is 5.02 Å². The molecule has 0 unspecified atom stereocenters. The second-order valence-corrected chi connectivity index (χ2v) is 7.42. The zero-order valence-corrected chi connectivity index (χ0v) is 16.7. The summed E-state index contributed by atoms with van der Waals surface area (Å²) in [4.78, 5) is 26.4. The van der Waals surface area contributed by atoms with Crippen LogP contribution < -0.4 is 15.0 Å². The maximum Gasteiger partial charge on any atom is 0.227 e. The monoisotopic (exact) mass is 400 g/mol. The Bertz CT molecular complexity index is 826. The molecule has 1 atom stereocenters. The quantitative estimate of drug-likeness (QED) is 0.715. The summed E-state index contributed by atoms with van der Waals surface area (Å²) in [7, 11) is 0. The molecule has 1 N–H and O–H groups in total. The number of carbonyl (C=O) groups is 2. The summed E-state index contributed by atoms with van der Waals surface area (Å²) in [6.45, 7) is 2.97. The number of anilines is 1. The Balaban J connectivity index is 1.45. The van der Waals surface area contributed by atoms with Gasteiger partial charge in [0.15, 0.2) is 0 Å². The van der Waals surface area contributed by atoms with Crippen LogP contribution in [0.5, 0.6) is 5.75 Å². The molecule has 0 aromatic heterocycles. The lowest BCUT2D eigenvalue weighted by molar-refractivity contribution is -0.125. The first-order chi connectivity index (χ1) is 13.5. The van der Waals surface area contributed by atoms with Gasteiger partial charge < -0.3 is 15.0 Å². The van der Waals surface area contributed by atoms with Gasteiger partial charge in [0.1, 0.15) is 11.9 Å². The van der Waals surface area contributed by atoms with Crippen LogP contribution in [0.25, 0.3) is 0 Å². The molecule has 6 heteroatoms. The van der Waals surface area contributed by atoms with E-state index in [2.05, 4.69) is 17.4 Å². The molecule has 28 heavy (non-hydrogen) atoms. The van der Waals surface area contributed by atoms with Gasteiger partial charge in [0.05, 0.1) is 12.2 Å². The molecule has 148 valence electrons. The molecule has 2 aromatic carbocycles. The maximum atomic E-state index is 12.7. The van der Waals surface area contributed by atoms with Crippen molar-refractivity contribution in [3.63, 3.8) is 0 Å². The molecular weight excluding hydrogens is 376 g/mol. The Morgan fingerprint density at radius 1 is 1.18 bits per heavy atom. The SMILES string of the molecule is C[C@@H]1CN(C(=O)CCC(=O)NCCCc2ccccc2)c2cc(Cl)ccc2O1. The molecule has 0 aliphatic carbocycles. The number of halogens is 1. The summed E-state index contributed by atoms with van der Waals surface area (Å²) >= 11 is 6.07. The van der Waals surface area contributed by atoms with E-state index in [9.17, 15) is 9.59 Å². The second kappa shape index (κ2) is 9.60. The topological polar surface area (TPSA) is 58.6 Å². The second-order valence-electron chi connectivity index (χ2n) is 6.98. The molecule has 1 aliphatic heterocycles. The molecule has 0 spiro atoms. The molecule has 0 fully saturated rings. The minimum absolute atomic E-state index is 0.0990. The Hall–Kier alpha value is -2.53. The van der Waals surface area contributed by atoms with Crippen molar-refractivity contribution >= 4 is 29.1 Å². The molecular formula is C22H25ClN2O3. The highest BCUT2D eigenvalue weighted by Crippen LogP contribution is 2.36. The third-order valence-corrected chi connectivity index (χ3v) is 4.89. The van der Waals surface area contributed by atoms with Gasteiger partial charge in [-0.3, -0.25) is 9.59 Å². The number of rotatable bonds is 7. The van der Waals surface area contributed by atoms with E-state index < -0.39 is 0 Å². The van der Waals surface area contributed by atoms with Crippen LogP contribution in [0.3, 0.4) is 0 Å². The molecule has 2 amide bonds. The highest BCUT2D eigenvalue weighted by Gasteiger charge is 2.27. The van der Waals surface area contributed by atoms with Crippen molar-refractivity contribution in [2.24, 2.45) is 0 Å². The van der Waals surface area contributed by atoms with E-state index in [4.69, 9.17) is 16.3 Å². The lowest BCUT2D eigenvalue weighted by Crippen LogP contribution is -2.42. The van der Waals surface area contributed by atoms with Crippen LogP contribution in [0.1, 0.15) is 31.7 Å². The molecule has 3 rings (SSSR count). The zero-order chi connectivity index (χ0) is 19.9. The van der Waals surface area contributed by atoms with Gasteiger partial charge in [-0.1, -0.05) is 41.9 Å². The minimum Gasteiger partial charge on any atom is -0.487 e. The molecule has 2 aromatic rings. The largest absolute Gasteiger partial charge is 0.487 e. The molecule has 0 bridgehead atoms. The number of hydrogen-bond acceptors (Lipinski definition) is 3. The van der Waals surface area contributed by atoms with E-state index in [1.54, 1.807) is 23.1 Å². The smallest absolute Gasteiger partial charge is 0.227 e. The van der Waals surface area contributed by atoms with Crippen molar-refractivity contribution in [1.82, 2.24) is 5.32 Å². The van der Waals surface area contributed by atoms with Gasteiger partial charge in [-0.05, 0) is 43.5 Å². The fourth-order valence-electron chi connectivity index (χ4n) is 3.26. The van der Waals surface area contributed by atoms with Crippen molar-refractivity contribution in [1.29, 1.82) is 0 Å². The number of ether oxygens (including phenoxy) is 1. The highest BCUT2D eigenvalue weighted by atomic mass is 35.5. The van der Waals surface area contributed by atoms with Gasteiger partial charge in [0.25, 0.3) is 0 Å². The highest BCUT2D eigenvalue weighted by molar-refractivity contribution is 6.31. The van der Waals surface area contributed by atoms with Crippen LogP contribution in [0, 0.1) is 0 Å². The number of nitrogens with one attached hydrogen (secondary N) is 1. The number of hydrogen-bond donors (Lipinski definition) is 1. The molecule has 0 radical (unpaired) electrons. The summed E-state index contributed by atoms with van der Waals surface area (Å²) in [6, 6.07) is 15.4. The first-order valence-corrected chi connectivity index (χ1v) is 9.98. The fourth-order valence-corrected chi connectivity index (χ4v) is 3.42. The van der Waals surface area contributed by atoms with Crippen LogP contribution >= 0.6 is 11.6 Å². The fraction of sp³-hybridized carbons (Fsp3) is 0.364. The average molecular weight is 401 g/mol. The Morgan fingerprint density at radius 3 is 2.75 bits per heavy atom. The van der Waals surface area contributed by atoms with Gasteiger partial charge in [0.2, 0.25) is 11.8 Å². The van der Waals surface area contributed by atoms with E-state index >= 15 is 0 Å². The van der Waals surface area contributed by atoms with E-state index in [1.165, 1.54) is 5.56 Å². The Kier molecular flexibility index (Phi) is 6.93. The predicted octanol–water partition coefficient (Wildman–Crippen LogP) is 3.98. The summed E-state index contributed by atoms with van der Waals surface area (Å²) in [6.07, 6.45) is 2.01. The van der Waals surface area contributed by atoms with Gasteiger partial charge in [0, 0.05) is 24.4 Å². The summed E-state index contributed by atoms with van der Waals surface area (Å²) in [5.74, 6) is 0.439. The van der Waals surface area contributed by atoms with E-state index in [1.807, 2.05) is 25.1 Å². The number of nitrogens with zero attached hydrogens (tertiary/aromatic N) is 1. The summed E-state index contributed by atoms with van der Waals surface area (Å²) < 4.78 is 5.76. The summed E-state index contributed by atoms with van der Waals surface area (Å²) in [5, 5.41) is 3.44. The lowest BCUT2D eigenvalue weighted by Gasteiger charge is -2.33. The van der Waals surface area contributed by atoms with Crippen LogP contribution in [0.15, 0.2) is 48.5 Å². The van der Waals surface area contributed by atoms with Crippen molar-refractivity contribution in [3.8, 4) is 5.75 Å². The van der Waals surface area contributed by atoms with Gasteiger partial charge in [-0.25, -0.2) is 0 Å². The lowest BCUT2D eigenvalue weighted by atomic mass is 10.1. The van der Waals surface area contributed by atoms with Crippen molar-refractivity contribution in [3.05, 3.63) is 59.1 Å². The first-order valence-electron chi connectivity index (χ1n) is 9.60. The average Bonchev–Trinajstić information content (AvgIpc) is 2.70. The van der Waals surface area contributed by atoms with E-state index in [-0.39, 0.29) is 30.8 Å². The Morgan fingerprint density at radius 2 is 1.96 bits per heavy atom. The van der Waals surface area contributed by atoms with Crippen LogP contribution in [-0.4, -0.2) is 31.0 Å². The molecule has 1 heterocycles. The van der Waals surface area contributed by atoms with Gasteiger partial charge in [-0.2, -0.15) is 0 Å². The third kappa shape index (κ3) is 5.49. The standard InChI is InChI=1S/C22H25ClN2O3/c1-16-15-25(19-14-18(23)9-10-20(19)28-16)22(27)12-11-21(26)24-13-5-8-17-6-3-2-4-7-17/h2-4,6-7,9-10,14,16H,5,8,11-13,15H2,1H3,(H,24,26)/t16-/m1/s1. The van der Waals surface area contributed by atoms with Crippen molar-refractivity contribution in [2.45, 2.75) is 38.7 Å². The van der Waals surface area contributed by atoms with Gasteiger partial charge >= 0.3 is 0 Å². The van der Waals surface area contributed by atoms with Crippen LogP contribution in [-0.2, 0) is 16.0 Å². The molecule has 0 saturated carbocycles. The number of aryl methyl sites for hydroxylation is 1. The van der Waals surface area contributed by atoms with Crippen molar-refractivity contribution < 1.29 is 14.3 Å². The number of fused-ring (bicyclic) bond motifs is 1.